The van der Waals surface area contributed by atoms with E-state index in [-0.39, 0.29) is 0 Å². The van der Waals surface area contributed by atoms with E-state index in [1.54, 1.807) is 23.1 Å². The number of aromatic nitrogens is 2. The first-order valence-electron chi connectivity index (χ1n) is 4.75. The number of primary sulfonamides is 1. The zero-order valence-electron chi connectivity index (χ0n) is 8.75. The lowest BCUT2D eigenvalue weighted by molar-refractivity contribution is 0.565. The Hall–Kier alpha value is -1.73. The summed E-state index contributed by atoms with van der Waals surface area (Å²) in [5.74, 6) is -0.850. The van der Waals surface area contributed by atoms with E-state index in [0.717, 1.165) is 12.1 Å². The van der Waals surface area contributed by atoms with E-state index < -0.39 is 20.7 Å². The van der Waals surface area contributed by atoms with Crippen molar-refractivity contribution in [2.75, 3.05) is 0 Å². The number of benzene rings is 1. The molecule has 0 amide bonds. The number of halogens is 1. The molecule has 2 aromatic rings. The summed E-state index contributed by atoms with van der Waals surface area (Å²) in [7, 11) is -4.01. The predicted molar refractivity (Wildman–Crippen MR) is 59.1 cm³/mol. The van der Waals surface area contributed by atoms with Crippen molar-refractivity contribution in [3.63, 3.8) is 0 Å². The van der Waals surface area contributed by atoms with Crippen LogP contribution < -0.4 is 5.14 Å². The van der Waals surface area contributed by atoms with Gasteiger partial charge < -0.3 is 0 Å². The van der Waals surface area contributed by atoms with Gasteiger partial charge in [-0.2, -0.15) is 5.10 Å². The minimum absolute atomic E-state index is 0.370. The standard InChI is InChI=1S/C10H10FN3O2S/c11-9-6-8(7-14-5-1-4-13-14)2-3-10(9)17(12,15)16/h1-6H,7H2,(H2,12,15,16). The summed E-state index contributed by atoms with van der Waals surface area (Å²) in [5, 5.41) is 8.82. The molecule has 1 aromatic heterocycles. The number of sulfonamides is 1. The minimum atomic E-state index is -4.01. The molecular weight excluding hydrogens is 245 g/mol. The molecule has 0 radical (unpaired) electrons. The molecule has 17 heavy (non-hydrogen) atoms. The molecule has 0 fully saturated rings. The van der Waals surface area contributed by atoms with Crippen LogP contribution in [0.15, 0.2) is 41.6 Å². The molecule has 0 saturated carbocycles. The second kappa shape index (κ2) is 4.27. The van der Waals surface area contributed by atoms with Crippen LogP contribution in [0.4, 0.5) is 4.39 Å². The van der Waals surface area contributed by atoms with Crippen LogP contribution in [-0.2, 0) is 16.6 Å². The molecule has 0 aliphatic heterocycles. The van der Waals surface area contributed by atoms with Crippen LogP contribution in [0, 0.1) is 5.82 Å². The van der Waals surface area contributed by atoms with Crippen molar-refractivity contribution >= 4 is 10.0 Å². The van der Waals surface area contributed by atoms with Crippen molar-refractivity contribution in [2.45, 2.75) is 11.4 Å². The highest BCUT2D eigenvalue weighted by atomic mass is 32.2. The predicted octanol–water partition coefficient (Wildman–Crippen LogP) is 0.718. The summed E-state index contributed by atoms with van der Waals surface area (Å²) in [5.41, 5.74) is 0.610. The van der Waals surface area contributed by atoms with Gasteiger partial charge in [0.2, 0.25) is 10.0 Å². The van der Waals surface area contributed by atoms with Crippen molar-refractivity contribution in [3.05, 3.63) is 48.0 Å². The van der Waals surface area contributed by atoms with Crippen LogP contribution in [0.2, 0.25) is 0 Å². The van der Waals surface area contributed by atoms with Gasteiger partial charge in [-0.25, -0.2) is 17.9 Å². The highest BCUT2D eigenvalue weighted by Crippen LogP contribution is 2.15. The summed E-state index contributed by atoms with van der Waals surface area (Å²) >= 11 is 0. The van der Waals surface area contributed by atoms with Gasteiger partial charge in [-0.1, -0.05) is 6.07 Å². The summed E-state index contributed by atoms with van der Waals surface area (Å²) in [6, 6.07) is 5.55. The Labute approximate surface area is 97.7 Å². The first-order chi connectivity index (χ1) is 7.97. The van der Waals surface area contributed by atoms with Crippen LogP contribution in [-0.4, -0.2) is 18.2 Å². The molecule has 0 unspecified atom stereocenters. The Morgan fingerprint density at radius 3 is 2.71 bits per heavy atom. The number of hydrogen-bond donors (Lipinski definition) is 1. The van der Waals surface area contributed by atoms with E-state index in [4.69, 9.17) is 5.14 Å². The van der Waals surface area contributed by atoms with Crippen molar-refractivity contribution in [2.24, 2.45) is 5.14 Å². The number of hydrogen-bond acceptors (Lipinski definition) is 3. The van der Waals surface area contributed by atoms with Crippen LogP contribution in [0.1, 0.15) is 5.56 Å². The fraction of sp³-hybridized carbons (Fsp3) is 0.100. The molecule has 2 rings (SSSR count). The molecule has 0 aliphatic rings. The Bertz CT molecular complexity index is 623. The van der Waals surface area contributed by atoms with E-state index in [0.29, 0.717) is 12.1 Å². The molecular formula is C10H10FN3O2S. The Morgan fingerprint density at radius 2 is 2.18 bits per heavy atom. The second-order valence-corrected chi connectivity index (χ2v) is 5.04. The number of nitrogens with zero attached hydrogens (tertiary/aromatic N) is 2. The zero-order chi connectivity index (χ0) is 12.5. The Balaban J connectivity index is 2.32. The average Bonchev–Trinajstić information content (AvgIpc) is 2.68. The molecule has 0 saturated heterocycles. The van der Waals surface area contributed by atoms with Crippen molar-refractivity contribution in [3.8, 4) is 0 Å². The average molecular weight is 255 g/mol. The highest BCUT2D eigenvalue weighted by Gasteiger charge is 2.14. The molecule has 5 nitrogen and oxygen atoms in total. The third-order valence-corrected chi connectivity index (χ3v) is 3.15. The van der Waals surface area contributed by atoms with Crippen molar-refractivity contribution in [1.29, 1.82) is 0 Å². The maximum atomic E-state index is 13.5. The smallest absolute Gasteiger partial charge is 0.240 e. The molecule has 2 N–H and O–H groups in total. The molecule has 1 aromatic carbocycles. The van der Waals surface area contributed by atoms with Crippen molar-refractivity contribution < 1.29 is 12.8 Å². The van der Waals surface area contributed by atoms with Crippen LogP contribution in [0.3, 0.4) is 0 Å². The lowest BCUT2D eigenvalue weighted by Crippen LogP contribution is -2.14. The minimum Gasteiger partial charge on any atom is -0.268 e. The van der Waals surface area contributed by atoms with E-state index in [9.17, 15) is 12.8 Å². The van der Waals surface area contributed by atoms with Crippen LogP contribution in [0.25, 0.3) is 0 Å². The van der Waals surface area contributed by atoms with E-state index in [1.165, 1.54) is 6.07 Å². The topological polar surface area (TPSA) is 78.0 Å². The summed E-state index contributed by atoms with van der Waals surface area (Å²) in [6.07, 6.45) is 3.33. The Kier molecular flexibility index (Phi) is 2.95. The SMILES string of the molecule is NS(=O)(=O)c1ccc(Cn2cccn2)cc1F. The van der Waals surface area contributed by atoms with Crippen LogP contribution >= 0.6 is 0 Å². The number of rotatable bonds is 3. The fourth-order valence-electron chi connectivity index (χ4n) is 1.45. The van der Waals surface area contributed by atoms with E-state index in [2.05, 4.69) is 5.10 Å². The second-order valence-electron chi connectivity index (χ2n) is 3.51. The van der Waals surface area contributed by atoms with Crippen molar-refractivity contribution in [1.82, 2.24) is 9.78 Å². The van der Waals surface area contributed by atoms with E-state index >= 15 is 0 Å². The monoisotopic (exact) mass is 255 g/mol. The third kappa shape index (κ3) is 2.69. The fourth-order valence-corrected chi connectivity index (χ4v) is 2.04. The van der Waals surface area contributed by atoms with Gasteiger partial charge in [0, 0.05) is 12.4 Å². The molecule has 0 atom stereocenters. The molecule has 0 spiro atoms. The Morgan fingerprint density at radius 1 is 1.41 bits per heavy atom. The molecule has 1 heterocycles. The van der Waals surface area contributed by atoms with Gasteiger partial charge in [0.15, 0.2) is 0 Å². The van der Waals surface area contributed by atoms with Gasteiger partial charge >= 0.3 is 0 Å². The van der Waals surface area contributed by atoms with Gasteiger partial charge in [0.05, 0.1) is 6.54 Å². The first kappa shape index (κ1) is 11.7. The van der Waals surface area contributed by atoms with Gasteiger partial charge in [-0.05, 0) is 23.8 Å². The van der Waals surface area contributed by atoms with Gasteiger partial charge in [-0.15, -0.1) is 0 Å². The first-order valence-corrected chi connectivity index (χ1v) is 6.30. The largest absolute Gasteiger partial charge is 0.268 e. The molecule has 7 heteroatoms. The molecule has 90 valence electrons. The van der Waals surface area contributed by atoms with Gasteiger partial charge in [0.25, 0.3) is 0 Å². The lowest BCUT2D eigenvalue weighted by Gasteiger charge is -2.05. The zero-order valence-corrected chi connectivity index (χ0v) is 9.56. The van der Waals surface area contributed by atoms with Crippen LogP contribution in [0.5, 0.6) is 0 Å². The third-order valence-electron chi connectivity index (χ3n) is 2.21. The normalized spacial score (nSPS) is 11.6. The highest BCUT2D eigenvalue weighted by molar-refractivity contribution is 7.89. The molecule has 0 bridgehead atoms. The summed E-state index contributed by atoms with van der Waals surface area (Å²) < 4.78 is 37.1. The number of nitrogens with two attached hydrogens (primary N) is 1. The van der Waals surface area contributed by atoms with Gasteiger partial charge in [-0.3, -0.25) is 4.68 Å². The van der Waals surface area contributed by atoms with Gasteiger partial charge in [0.1, 0.15) is 10.7 Å². The summed E-state index contributed by atoms with van der Waals surface area (Å²) in [4.78, 5) is -0.498. The maximum Gasteiger partial charge on any atom is 0.240 e. The lowest BCUT2D eigenvalue weighted by atomic mass is 10.2. The van der Waals surface area contributed by atoms with E-state index in [1.807, 2.05) is 0 Å². The summed E-state index contributed by atoms with van der Waals surface area (Å²) in [6.45, 7) is 0.370. The quantitative estimate of drug-likeness (QED) is 0.877. The maximum absolute atomic E-state index is 13.5. The molecule has 0 aliphatic carbocycles.